The summed E-state index contributed by atoms with van der Waals surface area (Å²) in [7, 11) is 0. The van der Waals surface area contributed by atoms with Crippen LogP contribution in [0, 0.1) is 5.92 Å². The summed E-state index contributed by atoms with van der Waals surface area (Å²) in [5.41, 5.74) is 0. The van der Waals surface area contributed by atoms with Gasteiger partial charge in [0.15, 0.2) is 0 Å². The maximum atomic E-state index is 11.9. The van der Waals surface area contributed by atoms with Crippen LogP contribution in [0.4, 0.5) is 0 Å². The number of esters is 2. The summed E-state index contributed by atoms with van der Waals surface area (Å²) in [4.78, 5) is 23.8. The van der Waals surface area contributed by atoms with Gasteiger partial charge in [0.1, 0.15) is 19.3 Å². The summed E-state index contributed by atoms with van der Waals surface area (Å²) in [6.45, 7) is 6.33. The SMILES string of the molecule is CC/C=C\C/C=C\CC(O)/C=C/C=C\C/C=C\CCCC(=O)OC[C@H](O)COC(=O)CCCCCCCCCCC(C)C. The molecule has 0 amide bonds. The Morgan fingerprint density at radius 3 is 1.86 bits per heavy atom. The number of allylic oxidation sites excluding steroid dienone is 8. The van der Waals surface area contributed by atoms with Gasteiger partial charge in [0.25, 0.3) is 0 Å². The van der Waals surface area contributed by atoms with Crippen molar-refractivity contribution in [1.29, 1.82) is 0 Å². The Morgan fingerprint density at radius 2 is 1.21 bits per heavy atom. The number of rotatable bonds is 28. The molecule has 0 aromatic carbocycles. The summed E-state index contributed by atoms with van der Waals surface area (Å²) in [6.07, 6.45) is 34.5. The van der Waals surface area contributed by atoms with E-state index in [4.69, 9.17) is 9.47 Å². The minimum atomic E-state index is -1.00. The fourth-order valence-corrected chi connectivity index (χ4v) is 4.21. The van der Waals surface area contributed by atoms with E-state index >= 15 is 0 Å². The van der Waals surface area contributed by atoms with E-state index in [0.717, 1.165) is 50.9 Å². The minimum Gasteiger partial charge on any atom is -0.463 e. The van der Waals surface area contributed by atoms with Crippen molar-refractivity contribution in [2.24, 2.45) is 5.92 Å². The van der Waals surface area contributed by atoms with E-state index in [-0.39, 0.29) is 31.6 Å². The van der Waals surface area contributed by atoms with Crippen LogP contribution in [0.25, 0.3) is 0 Å². The third-order valence-corrected chi connectivity index (χ3v) is 6.78. The first-order valence-corrected chi connectivity index (χ1v) is 16.8. The van der Waals surface area contributed by atoms with Gasteiger partial charge in [0, 0.05) is 12.8 Å². The fraction of sp³-hybridized carbons (Fsp3) is 0.676. The normalized spacial score (nSPS) is 13.8. The van der Waals surface area contributed by atoms with E-state index in [1.807, 2.05) is 36.5 Å². The van der Waals surface area contributed by atoms with Crippen LogP contribution < -0.4 is 0 Å². The van der Waals surface area contributed by atoms with Crippen molar-refractivity contribution in [1.82, 2.24) is 0 Å². The summed E-state index contributed by atoms with van der Waals surface area (Å²) < 4.78 is 10.2. The van der Waals surface area contributed by atoms with Crippen LogP contribution in [-0.2, 0) is 19.1 Å². The highest BCUT2D eigenvalue weighted by Gasteiger charge is 2.12. The monoisotopic (exact) mass is 602 g/mol. The molecule has 0 saturated carbocycles. The molecule has 0 heterocycles. The second kappa shape index (κ2) is 31.0. The predicted octanol–water partition coefficient (Wildman–Crippen LogP) is 8.88. The Kier molecular flexibility index (Phi) is 29.2. The molecule has 1 unspecified atom stereocenters. The number of hydrogen-bond acceptors (Lipinski definition) is 6. The molecule has 0 saturated heterocycles. The smallest absolute Gasteiger partial charge is 0.305 e. The largest absolute Gasteiger partial charge is 0.463 e. The van der Waals surface area contributed by atoms with Crippen LogP contribution in [0.5, 0.6) is 0 Å². The van der Waals surface area contributed by atoms with E-state index in [1.165, 1.54) is 38.5 Å². The molecule has 0 fully saturated rings. The van der Waals surface area contributed by atoms with E-state index < -0.39 is 12.2 Å². The van der Waals surface area contributed by atoms with Crippen molar-refractivity contribution in [3.05, 3.63) is 60.8 Å². The van der Waals surface area contributed by atoms with Crippen LogP contribution >= 0.6 is 0 Å². The molecular weight excluding hydrogens is 540 g/mol. The van der Waals surface area contributed by atoms with Gasteiger partial charge in [-0.1, -0.05) is 133 Å². The number of aliphatic hydroxyl groups is 2. The highest BCUT2D eigenvalue weighted by Crippen LogP contribution is 2.13. The number of hydrogen-bond donors (Lipinski definition) is 2. The first-order chi connectivity index (χ1) is 20.8. The van der Waals surface area contributed by atoms with Crippen molar-refractivity contribution in [2.45, 2.75) is 142 Å². The van der Waals surface area contributed by atoms with Gasteiger partial charge in [-0.3, -0.25) is 9.59 Å². The molecule has 0 bridgehead atoms. The fourth-order valence-electron chi connectivity index (χ4n) is 4.21. The van der Waals surface area contributed by atoms with E-state index in [9.17, 15) is 19.8 Å². The summed E-state index contributed by atoms with van der Waals surface area (Å²) in [6, 6.07) is 0. The Hall–Kier alpha value is -2.44. The molecule has 6 nitrogen and oxygen atoms in total. The molecule has 0 aromatic rings. The lowest BCUT2D eigenvalue weighted by molar-refractivity contribution is -0.152. The van der Waals surface area contributed by atoms with Crippen molar-refractivity contribution < 1.29 is 29.3 Å². The van der Waals surface area contributed by atoms with Crippen molar-refractivity contribution in [3.8, 4) is 0 Å². The molecule has 2 atom stereocenters. The first kappa shape index (κ1) is 40.6. The predicted molar refractivity (Wildman–Crippen MR) is 179 cm³/mol. The molecule has 6 heteroatoms. The number of ether oxygens (including phenoxy) is 2. The highest BCUT2D eigenvalue weighted by atomic mass is 16.6. The number of carbonyl (C=O) groups excluding carboxylic acids is 2. The van der Waals surface area contributed by atoms with Gasteiger partial charge in [-0.2, -0.15) is 0 Å². The van der Waals surface area contributed by atoms with E-state index in [2.05, 4.69) is 39.0 Å². The van der Waals surface area contributed by atoms with Crippen molar-refractivity contribution >= 4 is 11.9 Å². The lowest BCUT2D eigenvalue weighted by Crippen LogP contribution is -2.25. The zero-order valence-corrected chi connectivity index (χ0v) is 27.5. The van der Waals surface area contributed by atoms with E-state index in [1.54, 1.807) is 6.08 Å². The maximum Gasteiger partial charge on any atom is 0.305 e. The average Bonchev–Trinajstić information content (AvgIpc) is 2.98. The van der Waals surface area contributed by atoms with Gasteiger partial charge in [-0.15, -0.1) is 0 Å². The van der Waals surface area contributed by atoms with Gasteiger partial charge in [-0.25, -0.2) is 0 Å². The summed E-state index contributed by atoms with van der Waals surface area (Å²) in [5, 5.41) is 19.9. The zero-order valence-electron chi connectivity index (χ0n) is 27.5. The Balaban J connectivity index is 3.68. The lowest BCUT2D eigenvalue weighted by Gasteiger charge is -2.12. The molecule has 246 valence electrons. The highest BCUT2D eigenvalue weighted by molar-refractivity contribution is 5.69. The van der Waals surface area contributed by atoms with Crippen molar-refractivity contribution in [2.75, 3.05) is 13.2 Å². The lowest BCUT2D eigenvalue weighted by atomic mass is 10.0. The molecule has 0 aliphatic rings. The molecule has 0 rings (SSSR count). The molecule has 0 aromatic heterocycles. The van der Waals surface area contributed by atoms with Gasteiger partial charge in [0.05, 0.1) is 6.10 Å². The average molecular weight is 603 g/mol. The van der Waals surface area contributed by atoms with Crippen LogP contribution in [0.2, 0.25) is 0 Å². The molecule has 0 radical (unpaired) electrons. The summed E-state index contributed by atoms with van der Waals surface area (Å²) in [5.74, 6) is 0.120. The Bertz CT molecular complexity index is 808. The van der Waals surface area contributed by atoms with Gasteiger partial charge < -0.3 is 19.7 Å². The maximum absolute atomic E-state index is 11.9. The quantitative estimate of drug-likeness (QED) is 0.0402. The van der Waals surface area contributed by atoms with E-state index in [0.29, 0.717) is 19.3 Å². The van der Waals surface area contributed by atoms with Crippen LogP contribution in [0.15, 0.2) is 60.8 Å². The third kappa shape index (κ3) is 32.3. The van der Waals surface area contributed by atoms with Gasteiger partial charge >= 0.3 is 11.9 Å². The Labute approximate surface area is 263 Å². The summed E-state index contributed by atoms with van der Waals surface area (Å²) >= 11 is 0. The minimum absolute atomic E-state index is 0.152. The second-order valence-electron chi connectivity index (χ2n) is 11.6. The standard InChI is InChI=1S/C37H62O6/c1-4-5-6-7-17-22-27-34(38)28-23-18-13-9-11-15-20-25-30-37(41)43-32-35(39)31-42-36(40)29-24-19-14-10-8-12-16-21-26-33(2)3/h5-6,11,13,15,17-18,22-23,28,33-35,38-39H,4,7-10,12,14,16,19-21,24-27,29-32H2,1-3H3/b6-5-,15-11-,18-13-,22-17-,28-23+/t34?,35-/m1/s1. The van der Waals surface area contributed by atoms with Crippen LogP contribution in [0.3, 0.4) is 0 Å². The Morgan fingerprint density at radius 1 is 0.651 bits per heavy atom. The van der Waals surface area contributed by atoms with Crippen LogP contribution in [0.1, 0.15) is 130 Å². The molecular formula is C37H62O6. The molecule has 43 heavy (non-hydrogen) atoms. The van der Waals surface area contributed by atoms with Gasteiger partial charge in [-0.05, 0) is 50.9 Å². The second-order valence-corrected chi connectivity index (χ2v) is 11.6. The number of aliphatic hydroxyl groups excluding tert-OH is 2. The molecule has 0 aliphatic carbocycles. The van der Waals surface area contributed by atoms with Gasteiger partial charge in [0.2, 0.25) is 0 Å². The third-order valence-electron chi connectivity index (χ3n) is 6.78. The van der Waals surface area contributed by atoms with Crippen LogP contribution in [-0.4, -0.2) is 47.6 Å². The molecule has 0 aliphatic heterocycles. The number of unbranched alkanes of at least 4 members (excludes halogenated alkanes) is 8. The first-order valence-electron chi connectivity index (χ1n) is 16.8. The number of carbonyl (C=O) groups is 2. The van der Waals surface area contributed by atoms with Crippen molar-refractivity contribution in [3.63, 3.8) is 0 Å². The zero-order chi connectivity index (χ0) is 31.8. The topological polar surface area (TPSA) is 93.1 Å². The molecule has 0 spiro atoms. The molecule has 2 N–H and O–H groups in total.